The summed E-state index contributed by atoms with van der Waals surface area (Å²) in [6, 6.07) is 1.79. The van der Waals surface area contributed by atoms with Crippen LogP contribution in [-0.2, 0) is 6.54 Å². The van der Waals surface area contributed by atoms with Crippen molar-refractivity contribution in [3.63, 3.8) is 0 Å². The van der Waals surface area contributed by atoms with Gasteiger partial charge in [0, 0.05) is 12.7 Å². The molecule has 0 fully saturated rings. The average Bonchev–Trinajstić information content (AvgIpc) is 2.85. The highest BCUT2D eigenvalue weighted by molar-refractivity contribution is 9.12. The Labute approximate surface area is 125 Å². The second-order valence-corrected chi connectivity index (χ2v) is 7.28. The van der Waals surface area contributed by atoms with Gasteiger partial charge in [0.1, 0.15) is 0 Å². The summed E-state index contributed by atoms with van der Waals surface area (Å²) in [7, 11) is 0. The molecule has 0 aromatic carbocycles. The molecule has 2 rings (SSSR count). The van der Waals surface area contributed by atoms with Crippen molar-refractivity contribution in [2.24, 2.45) is 0 Å². The number of carbonyl (C=O) groups excluding carboxylic acids is 1. The minimum Gasteiger partial charge on any atom is -0.396 e. The van der Waals surface area contributed by atoms with E-state index in [0.29, 0.717) is 24.3 Å². The third-order valence-corrected chi connectivity index (χ3v) is 4.52. The van der Waals surface area contributed by atoms with Gasteiger partial charge in [-0.3, -0.25) is 9.48 Å². The molecule has 0 saturated carbocycles. The second-order valence-electron chi connectivity index (χ2n) is 3.53. The molecule has 8 heteroatoms. The van der Waals surface area contributed by atoms with E-state index in [1.54, 1.807) is 23.1 Å². The van der Waals surface area contributed by atoms with E-state index in [0.717, 1.165) is 7.57 Å². The lowest BCUT2D eigenvalue weighted by Gasteiger charge is -2.04. The molecule has 0 unspecified atom stereocenters. The number of amides is 1. The summed E-state index contributed by atoms with van der Waals surface area (Å²) >= 11 is 8.16. The summed E-state index contributed by atoms with van der Waals surface area (Å²) in [5.41, 5.74) is 6.79. The van der Waals surface area contributed by atoms with Crippen molar-refractivity contribution >= 4 is 54.8 Å². The molecule has 0 spiro atoms. The number of nitrogens with one attached hydrogen (secondary N) is 1. The molecule has 0 atom stereocenters. The lowest BCUT2D eigenvalue weighted by molar-refractivity contribution is 0.0951. The zero-order valence-corrected chi connectivity index (χ0v) is 13.2. The zero-order valence-electron chi connectivity index (χ0n) is 9.19. The number of nitrogen functional groups attached to an aromatic ring is 1. The number of aromatic nitrogens is 2. The van der Waals surface area contributed by atoms with Crippen molar-refractivity contribution in [3.05, 3.63) is 31.6 Å². The molecule has 0 aliphatic rings. The summed E-state index contributed by atoms with van der Waals surface area (Å²) in [6.45, 7) is 1.09. The summed E-state index contributed by atoms with van der Waals surface area (Å²) in [6.07, 6.45) is 3.30. The first-order chi connectivity index (χ1) is 8.56. The van der Waals surface area contributed by atoms with Gasteiger partial charge in [-0.25, -0.2) is 0 Å². The van der Waals surface area contributed by atoms with Gasteiger partial charge in [0.2, 0.25) is 0 Å². The van der Waals surface area contributed by atoms with Gasteiger partial charge < -0.3 is 11.1 Å². The van der Waals surface area contributed by atoms with E-state index in [1.807, 2.05) is 0 Å². The van der Waals surface area contributed by atoms with Crippen LogP contribution in [0.25, 0.3) is 0 Å². The molecule has 0 bridgehead atoms. The second kappa shape index (κ2) is 5.85. The van der Waals surface area contributed by atoms with Crippen LogP contribution >= 0.6 is 43.2 Å². The lowest BCUT2D eigenvalue weighted by atomic mass is 10.3. The number of rotatable bonds is 4. The van der Waals surface area contributed by atoms with Crippen LogP contribution in [0.1, 0.15) is 10.4 Å². The quantitative estimate of drug-likeness (QED) is 0.837. The van der Waals surface area contributed by atoms with Crippen LogP contribution in [0.15, 0.2) is 26.0 Å². The van der Waals surface area contributed by atoms with Crippen molar-refractivity contribution in [2.75, 3.05) is 12.3 Å². The van der Waals surface area contributed by atoms with E-state index in [9.17, 15) is 4.79 Å². The third-order valence-electron chi connectivity index (χ3n) is 2.18. The minimum absolute atomic E-state index is 0.107. The fourth-order valence-electron chi connectivity index (χ4n) is 1.38. The molecule has 1 amide bonds. The minimum atomic E-state index is -0.107. The Kier molecular flexibility index (Phi) is 4.41. The first-order valence-corrected chi connectivity index (χ1v) is 7.47. The zero-order chi connectivity index (χ0) is 13.1. The van der Waals surface area contributed by atoms with E-state index in [-0.39, 0.29) is 5.91 Å². The smallest absolute Gasteiger partial charge is 0.253 e. The number of anilines is 1. The molecule has 2 heterocycles. The number of nitrogens with two attached hydrogens (primary N) is 1. The Morgan fingerprint density at radius 3 is 2.89 bits per heavy atom. The number of nitrogens with zero attached hydrogens (tertiary/aromatic N) is 2. The lowest BCUT2D eigenvalue weighted by Crippen LogP contribution is -2.27. The number of hydrogen-bond acceptors (Lipinski definition) is 4. The fraction of sp³-hybridized carbons (Fsp3) is 0.200. The molecule has 0 saturated heterocycles. The number of thiophene rings is 1. The Hall–Kier alpha value is -0.860. The van der Waals surface area contributed by atoms with Gasteiger partial charge in [-0.15, -0.1) is 11.3 Å². The van der Waals surface area contributed by atoms with Crippen LogP contribution in [0, 0.1) is 0 Å². The van der Waals surface area contributed by atoms with Crippen LogP contribution in [-0.4, -0.2) is 22.2 Å². The van der Waals surface area contributed by atoms with Crippen LogP contribution in [0.4, 0.5) is 5.69 Å². The molecule has 2 aromatic rings. The Morgan fingerprint density at radius 2 is 2.33 bits per heavy atom. The maximum Gasteiger partial charge on any atom is 0.253 e. The molecule has 0 aliphatic heterocycles. The Balaban J connectivity index is 1.87. The van der Waals surface area contributed by atoms with Gasteiger partial charge >= 0.3 is 0 Å². The van der Waals surface area contributed by atoms with Crippen LogP contribution < -0.4 is 11.1 Å². The van der Waals surface area contributed by atoms with Crippen molar-refractivity contribution in [1.82, 2.24) is 15.1 Å². The first kappa shape index (κ1) is 13.6. The largest absolute Gasteiger partial charge is 0.396 e. The van der Waals surface area contributed by atoms with Crippen molar-refractivity contribution in [3.8, 4) is 0 Å². The Bertz CT molecular complexity index is 566. The van der Waals surface area contributed by atoms with E-state index in [1.165, 1.54) is 11.3 Å². The van der Waals surface area contributed by atoms with E-state index < -0.39 is 0 Å². The average molecular weight is 394 g/mol. The van der Waals surface area contributed by atoms with Gasteiger partial charge in [0.05, 0.1) is 31.6 Å². The monoisotopic (exact) mass is 392 g/mol. The molecule has 0 aliphatic carbocycles. The highest BCUT2D eigenvalue weighted by Crippen LogP contribution is 2.31. The highest BCUT2D eigenvalue weighted by Gasteiger charge is 2.12. The van der Waals surface area contributed by atoms with Gasteiger partial charge in [-0.05, 0) is 37.9 Å². The SMILES string of the molecule is Nc1cnn(CCNC(=O)c2cc(Br)sc2Br)c1. The highest BCUT2D eigenvalue weighted by atomic mass is 79.9. The first-order valence-electron chi connectivity index (χ1n) is 5.07. The third kappa shape index (κ3) is 3.33. The topological polar surface area (TPSA) is 72.9 Å². The van der Waals surface area contributed by atoms with Crippen molar-refractivity contribution in [1.29, 1.82) is 0 Å². The maximum atomic E-state index is 11.9. The Morgan fingerprint density at radius 1 is 1.56 bits per heavy atom. The normalized spacial score (nSPS) is 10.6. The molecule has 0 radical (unpaired) electrons. The number of carbonyl (C=O) groups is 1. The van der Waals surface area contributed by atoms with E-state index in [2.05, 4.69) is 42.3 Å². The van der Waals surface area contributed by atoms with E-state index >= 15 is 0 Å². The predicted octanol–water partition coefficient (Wildman–Crippen LogP) is 2.48. The van der Waals surface area contributed by atoms with Crippen LogP contribution in [0.2, 0.25) is 0 Å². The summed E-state index contributed by atoms with van der Waals surface area (Å²) < 4.78 is 3.42. The molecular formula is C10H10Br2N4OS. The van der Waals surface area contributed by atoms with E-state index in [4.69, 9.17) is 5.73 Å². The molecule has 5 nitrogen and oxygen atoms in total. The van der Waals surface area contributed by atoms with Crippen molar-refractivity contribution in [2.45, 2.75) is 6.54 Å². The standard InChI is InChI=1S/C10H10Br2N4OS/c11-8-3-7(9(12)18-8)10(17)14-1-2-16-5-6(13)4-15-16/h3-5H,1-2,13H2,(H,14,17). The summed E-state index contributed by atoms with van der Waals surface area (Å²) in [5, 5.41) is 6.86. The van der Waals surface area contributed by atoms with Gasteiger partial charge in [-0.1, -0.05) is 0 Å². The van der Waals surface area contributed by atoms with Gasteiger partial charge in [0.25, 0.3) is 5.91 Å². The van der Waals surface area contributed by atoms with Gasteiger partial charge in [0.15, 0.2) is 0 Å². The van der Waals surface area contributed by atoms with Crippen LogP contribution in [0.3, 0.4) is 0 Å². The maximum absolute atomic E-state index is 11.9. The molecule has 18 heavy (non-hydrogen) atoms. The number of halogens is 2. The van der Waals surface area contributed by atoms with Crippen LogP contribution in [0.5, 0.6) is 0 Å². The molecular weight excluding hydrogens is 384 g/mol. The van der Waals surface area contributed by atoms with Crippen molar-refractivity contribution < 1.29 is 4.79 Å². The molecule has 3 N–H and O–H groups in total. The van der Waals surface area contributed by atoms with Gasteiger partial charge in [-0.2, -0.15) is 5.10 Å². The fourth-order valence-corrected chi connectivity index (χ4v) is 4.17. The molecule has 2 aromatic heterocycles. The summed E-state index contributed by atoms with van der Waals surface area (Å²) in [5.74, 6) is -0.107. The number of hydrogen-bond donors (Lipinski definition) is 2. The predicted molar refractivity (Wildman–Crippen MR) is 78.7 cm³/mol. The summed E-state index contributed by atoms with van der Waals surface area (Å²) in [4.78, 5) is 11.9. The molecule has 96 valence electrons.